The Balaban J connectivity index is 2.22. The van der Waals surface area contributed by atoms with Gasteiger partial charge in [0.25, 0.3) is 0 Å². The summed E-state index contributed by atoms with van der Waals surface area (Å²) in [7, 11) is 0. The van der Waals surface area contributed by atoms with Gasteiger partial charge in [-0.2, -0.15) is 0 Å². The summed E-state index contributed by atoms with van der Waals surface area (Å²) in [5.41, 5.74) is -0.651. The van der Waals surface area contributed by atoms with E-state index in [-0.39, 0.29) is 24.0 Å². The number of hydrogen-bond acceptors (Lipinski definition) is 4. The van der Waals surface area contributed by atoms with Crippen LogP contribution in [0.4, 0.5) is 0 Å². The summed E-state index contributed by atoms with van der Waals surface area (Å²) in [5, 5.41) is 0. The third kappa shape index (κ3) is 2.57. The van der Waals surface area contributed by atoms with Crippen LogP contribution < -0.4 is 0 Å². The van der Waals surface area contributed by atoms with Gasteiger partial charge in [-0.15, -0.1) is 0 Å². The Kier molecular flexibility index (Phi) is 3.33. The van der Waals surface area contributed by atoms with Crippen molar-refractivity contribution in [3.05, 3.63) is 12.2 Å². The zero-order valence-corrected chi connectivity index (χ0v) is 10.3. The lowest BCUT2D eigenvalue weighted by Gasteiger charge is -2.41. The maximum absolute atomic E-state index is 11.6. The molecule has 4 nitrogen and oxygen atoms in total. The van der Waals surface area contributed by atoms with E-state index >= 15 is 0 Å². The third-order valence-electron chi connectivity index (χ3n) is 3.44. The summed E-state index contributed by atoms with van der Waals surface area (Å²) >= 11 is 0. The molecule has 2 rings (SSSR count). The Hall–Kier alpha value is -1.16. The fraction of sp³-hybridized carbons (Fsp3) is 0.692. The monoisotopic (exact) mass is 238 g/mol. The first-order valence-corrected chi connectivity index (χ1v) is 6.04. The third-order valence-corrected chi connectivity index (χ3v) is 3.44. The van der Waals surface area contributed by atoms with E-state index in [4.69, 9.17) is 9.47 Å². The summed E-state index contributed by atoms with van der Waals surface area (Å²) in [6.45, 7) is 3.28. The van der Waals surface area contributed by atoms with Crippen LogP contribution in [-0.2, 0) is 19.1 Å². The van der Waals surface area contributed by atoms with Crippen LogP contribution in [0.2, 0.25) is 0 Å². The Morgan fingerprint density at radius 3 is 3.00 bits per heavy atom. The summed E-state index contributed by atoms with van der Waals surface area (Å²) in [6.07, 6.45) is 5.78. The highest BCUT2D eigenvalue weighted by molar-refractivity contribution is 5.84. The lowest BCUT2D eigenvalue weighted by molar-refractivity contribution is -0.189. The highest BCUT2D eigenvalue weighted by Gasteiger charge is 2.43. The maximum Gasteiger partial charge on any atom is 0.303 e. The van der Waals surface area contributed by atoms with Crippen LogP contribution in [0.25, 0.3) is 0 Å². The summed E-state index contributed by atoms with van der Waals surface area (Å²) in [5.74, 6) is -0.156. The van der Waals surface area contributed by atoms with Crippen LogP contribution in [0.5, 0.6) is 0 Å². The number of carbonyl (C=O) groups is 2. The number of Topliss-reactive ketones (excluding diaryl/α,β-unsaturated/α-hetero) is 1. The van der Waals surface area contributed by atoms with Gasteiger partial charge in [-0.25, -0.2) is 0 Å². The molecule has 0 spiro atoms. The van der Waals surface area contributed by atoms with Crippen LogP contribution in [0.3, 0.4) is 0 Å². The minimum absolute atomic E-state index is 0.151. The first-order chi connectivity index (χ1) is 8.01. The zero-order chi connectivity index (χ0) is 12.5. The predicted molar refractivity (Wildman–Crippen MR) is 61.4 cm³/mol. The summed E-state index contributed by atoms with van der Waals surface area (Å²) in [4.78, 5) is 22.8. The standard InChI is InChI=1S/C13H18O4/c1-9(14)17-13(2)8-4-3-5-11-10(15)6-7-12(13)16-11/h3-4,11-12H,5-8H2,1-2H3/b4-3-/t11-,12-,13-/m1/s1. The van der Waals surface area contributed by atoms with E-state index < -0.39 is 5.60 Å². The fourth-order valence-electron chi connectivity index (χ4n) is 2.52. The van der Waals surface area contributed by atoms with Crippen molar-refractivity contribution >= 4 is 11.8 Å². The van der Waals surface area contributed by atoms with Gasteiger partial charge in [-0.3, -0.25) is 9.59 Å². The van der Waals surface area contributed by atoms with Gasteiger partial charge in [0.05, 0.1) is 6.10 Å². The fourth-order valence-corrected chi connectivity index (χ4v) is 2.52. The molecule has 2 heterocycles. The van der Waals surface area contributed by atoms with Crippen molar-refractivity contribution in [2.45, 2.75) is 57.3 Å². The molecule has 2 aliphatic heterocycles. The van der Waals surface area contributed by atoms with E-state index in [9.17, 15) is 9.59 Å². The molecular weight excluding hydrogens is 220 g/mol. The zero-order valence-electron chi connectivity index (χ0n) is 10.3. The Morgan fingerprint density at radius 2 is 2.29 bits per heavy atom. The molecule has 0 aliphatic carbocycles. The van der Waals surface area contributed by atoms with E-state index in [1.165, 1.54) is 6.92 Å². The number of rotatable bonds is 1. The van der Waals surface area contributed by atoms with Gasteiger partial charge in [0.2, 0.25) is 0 Å². The number of fused-ring (bicyclic) bond motifs is 2. The topological polar surface area (TPSA) is 52.6 Å². The molecule has 0 amide bonds. The van der Waals surface area contributed by atoms with Crippen molar-refractivity contribution in [3.8, 4) is 0 Å². The molecule has 2 aliphatic rings. The van der Waals surface area contributed by atoms with E-state index in [1.807, 2.05) is 19.1 Å². The molecule has 3 atom stereocenters. The lowest BCUT2D eigenvalue weighted by atomic mass is 9.85. The summed E-state index contributed by atoms with van der Waals surface area (Å²) in [6, 6.07) is 0. The van der Waals surface area contributed by atoms with Gasteiger partial charge in [-0.1, -0.05) is 12.2 Å². The summed E-state index contributed by atoms with van der Waals surface area (Å²) < 4.78 is 11.2. The molecule has 0 aromatic carbocycles. The second-order valence-corrected chi connectivity index (χ2v) is 4.94. The van der Waals surface area contributed by atoms with Crippen molar-refractivity contribution in [2.24, 2.45) is 0 Å². The number of esters is 1. The van der Waals surface area contributed by atoms with Crippen molar-refractivity contribution < 1.29 is 19.1 Å². The van der Waals surface area contributed by atoms with Crippen LogP contribution >= 0.6 is 0 Å². The lowest BCUT2D eigenvalue weighted by Crippen LogP contribution is -2.50. The van der Waals surface area contributed by atoms with E-state index in [0.29, 0.717) is 25.7 Å². The van der Waals surface area contributed by atoms with Crippen molar-refractivity contribution in [3.63, 3.8) is 0 Å². The molecule has 2 bridgehead atoms. The highest BCUT2D eigenvalue weighted by Crippen LogP contribution is 2.33. The minimum Gasteiger partial charge on any atom is -0.456 e. The molecule has 0 N–H and O–H groups in total. The molecule has 1 saturated heterocycles. The van der Waals surface area contributed by atoms with Crippen molar-refractivity contribution in [1.29, 1.82) is 0 Å². The predicted octanol–water partition coefficient (Wildman–Crippen LogP) is 1.77. The van der Waals surface area contributed by atoms with Crippen LogP contribution in [0.15, 0.2) is 12.2 Å². The van der Waals surface area contributed by atoms with E-state index in [1.54, 1.807) is 0 Å². The van der Waals surface area contributed by atoms with Crippen LogP contribution in [0, 0.1) is 0 Å². The van der Waals surface area contributed by atoms with Gasteiger partial charge in [0.15, 0.2) is 5.78 Å². The molecular formula is C13H18O4. The molecule has 94 valence electrons. The molecule has 0 saturated carbocycles. The molecule has 1 fully saturated rings. The average molecular weight is 238 g/mol. The smallest absolute Gasteiger partial charge is 0.303 e. The molecule has 0 aromatic heterocycles. The van der Waals surface area contributed by atoms with Crippen LogP contribution in [-0.4, -0.2) is 29.6 Å². The maximum atomic E-state index is 11.6. The van der Waals surface area contributed by atoms with Crippen LogP contribution in [0.1, 0.15) is 39.5 Å². The largest absolute Gasteiger partial charge is 0.456 e. The van der Waals surface area contributed by atoms with Crippen molar-refractivity contribution in [1.82, 2.24) is 0 Å². The number of ether oxygens (including phenoxy) is 2. The first kappa shape index (κ1) is 12.3. The van der Waals surface area contributed by atoms with Gasteiger partial charge < -0.3 is 9.47 Å². The second kappa shape index (κ2) is 4.61. The number of ketones is 1. The van der Waals surface area contributed by atoms with Gasteiger partial charge >= 0.3 is 5.97 Å². The van der Waals surface area contributed by atoms with Crippen molar-refractivity contribution in [2.75, 3.05) is 0 Å². The number of hydrogen-bond donors (Lipinski definition) is 0. The Morgan fingerprint density at radius 1 is 1.53 bits per heavy atom. The molecule has 0 unspecified atom stereocenters. The average Bonchev–Trinajstić information content (AvgIpc) is 2.23. The molecule has 0 aromatic rings. The highest BCUT2D eigenvalue weighted by atomic mass is 16.6. The van der Waals surface area contributed by atoms with E-state index in [2.05, 4.69) is 0 Å². The van der Waals surface area contributed by atoms with Gasteiger partial charge in [0.1, 0.15) is 11.7 Å². The quantitative estimate of drug-likeness (QED) is 0.516. The first-order valence-electron chi connectivity index (χ1n) is 6.04. The Labute approximate surface area is 101 Å². The normalized spacial score (nSPS) is 39.1. The van der Waals surface area contributed by atoms with Gasteiger partial charge in [0, 0.05) is 19.8 Å². The second-order valence-electron chi connectivity index (χ2n) is 4.94. The number of carbonyl (C=O) groups excluding carboxylic acids is 2. The molecule has 0 radical (unpaired) electrons. The Bertz CT molecular complexity index is 360. The molecule has 17 heavy (non-hydrogen) atoms. The van der Waals surface area contributed by atoms with E-state index in [0.717, 1.165) is 0 Å². The molecule has 4 heteroatoms. The van der Waals surface area contributed by atoms with Gasteiger partial charge in [-0.05, 0) is 19.8 Å². The SMILES string of the molecule is CC(=O)O[C@]1(C)C/C=C\C[C@H]2O[C@@H]1CCC2=O. The minimum atomic E-state index is -0.651.